The predicted octanol–water partition coefficient (Wildman–Crippen LogP) is -0.815. The van der Waals surface area contributed by atoms with Gasteiger partial charge < -0.3 is 24.1 Å². The number of methoxy groups -OCH3 is 1. The van der Waals surface area contributed by atoms with E-state index in [2.05, 4.69) is 0 Å². The maximum Gasteiger partial charge on any atom is 0.169 e. The normalized spacial score (nSPS) is 38.5. The second kappa shape index (κ2) is 5.61. The standard InChI is InChI=1S/C15H24BNO4/c1-20-11-4-2-10(3-5-11)9-21-13-6-7-17(16)8-12(18)15(19)14(13)17/h2-5,12-15,18-19H,6-9H2,1,16H3. The molecule has 0 radical (unpaired) electrons. The van der Waals surface area contributed by atoms with Crippen molar-refractivity contribution in [2.45, 2.75) is 37.4 Å². The van der Waals surface area contributed by atoms with Crippen molar-refractivity contribution < 1.29 is 24.1 Å². The fourth-order valence-electron chi connectivity index (χ4n) is 3.18. The topological polar surface area (TPSA) is 58.9 Å². The zero-order valence-corrected chi connectivity index (χ0v) is 11.6. The molecular weight excluding hydrogens is 269 g/mol. The molecule has 6 heteroatoms. The Kier molecular flexibility index (Phi) is 3.97. The Morgan fingerprint density at radius 3 is 2.67 bits per heavy atom. The second-order valence-corrected chi connectivity index (χ2v) is 5.53. The summed E-state index contributed by atoms with van der Waals surface area (Å²) in [7, 11) is 1.67. The molecule has 5 atom stereocenters. The van der Waals surface area contributed by atoms with E-state index in [1.165, 1.54) is 0 Å². The van der Waals surface area contributed by atoms with Gasteiger partial charge >= 0.3 is 0 Å². The van der Waals surface area contributed by atoms with E-state index in [4.69, 9.17) is 9.47 Å². The Hall–Kier alpha value is -1.08. The maximum atomic E-state index is 10.2. The Morgan fingerprint density at radius 1 is 1.29 bits per heavy atom. The predicted molar refractivity (Wildman–Crippen MR) is 81.9 cm³/mol. The minimum atomic E-state index is -0.620. The molecular formula is C15H24BNO4. The summed E-state index contributed by atoms with van der Waals surface area (Å²) >= 11 is 0. The number of nitrogens with zero attached hydrogens (tertiary/aromatic N) is 1. The lowest BCUT2D eigenvalue weighted by Crippen LogP contribution is -2.51. The van der Waals surface area contributed by atoms with Crippen molar-refractivity contribution in [2.75, 3.05) is 20.2 Å². The Labute approximate surface area is 126 Å². The number of fused-ring (bicyclic) bond motifs is 1. The smallest absolute Gasteiger partial charge is 0.169 e. The molecule has 116 valence electrons. The molecule has 0 saturated carbocycles. The number of quaternary nitrogens is 1. The van der Waals surface area contributed by atoms with Gasteiger partial charge in [0.05, 0.1) is 20.3 Å². The Balaban J connectivity index is 1.63. The van der Waals surface area contributed by atoms with Crippen LogP contribution in [0.2, 0.25) is 0 Å². The van der Waals surface area contributed by atoms with Crippen molar-refractivity contribution >= 4 is 7.98 Å². The monoisotopic (exact) mass is 293 g/mol. The van der Waals surface area contributed by atoms with Crippen LogP contribution in [-0.2, 0) is 11.3 Å². The molecule has 1 aromatic carbocycles. The van der Waals surface area contributed by atoms with Crippen LogP contribution in [0.25, 0.3) is 0 Å². The highest BCUT2D eigenvalue weighted by atomic mass is 16.5. The summed E-state index contributed by atoms with van der Waals surface area (Å²) in [6.45, 7) is 2.34. The van der Waals surface area contributed by atoms with Gasteiger partial charge in [0.15, 0.2) is 7.98 Å². The molecule has 2 heterocycles. The van der Waals surface area contributed by atoms with E-state index >= 15 is 0 Å². The lowest BCUT2D eigenvalue weighted by molar-refractivity contribution is -0.820. The zero-order valence-electron chi connectivity index (χ0n) is 11.6. The largest absolute Gasteiger partial charge is 0.513 e. The molecule has 0 amide bonds. The van der Waals surface area contributed by atoms with Crippen molar-refractivity contribution in [3.8, 4) is 5.75 Å². The first-order valence-electron chi connectivity index (χ1n) is 7.04. The fraction of sp³-hybridized carbons (Fsp3) is 0.600. The van der Waals surface area contributed by atoms with Crippen LogP contribution in [0, 0.1) is 0 Å². The molecule has 21 heavy (non-hydrogen) atoms. The fourth-order valence-corrected chi connectivity index (χ4v) is 3.18. The molecule has 2 aliphatic heterocycles. The van der Waals surface area contributed by atoms with E-state index in [-0.39, 0.29) is 20.1 Å². The van der Waals surface area contributed by atoms with Crippen LogP contribution in [0.15, 0.2) is 24.3 Å². The van der Waals surface area contributed by atoms with Gasteiger partial charge in [-0.25, -0.2) is 0 Å². The lowest BCUT2D eigenvalue weighted by Gasteiger charge is -2.40. The summed E-state index contributed by atoms with van der Waals surface area (Å²) in [5.41, 5.74) is 1.11. The molecule has 5 nitrogen and oxygen atoms in total. The van der Waals surface area contributed by atoms with Gasteiger partial charge in [0.1, 0.15) is 30.1 Å². The molecule has 0 bridgehead atoms. The molecule has 0 spiro atoms. The van der Waals surface area contributed by atoms with E-state index in [0.717, 1.165) is 35.2 Å². The van der Waals surface area contributed by atoms with E-state index in [9.17, 15) is 10.2 Å². The summed E-state index contributed by atoms with van der Waals surface area (Å²) in [6.07, 6.45) is -0.129. The molecule has 2 N–H and O–H groups in total. The van der Waals surface area contributed by atoms with Gasteiger partial charge in [-0.3, -0.25) is 0 Å². The molecule has 2 aliphatic rings. The Bertz CT molecular complexity index is 497. The van der Waals surface area contributed by atoms with Gasteiger partial charge in [0, 0.05) is 13.0 Å². The summed E-state index contributed by atoms with van der Waals surface area (Å²) in [5.74, 6) is 0.842. The number of hydrogen-bond acceptors (Lipinski definition) is 4. The minimum Gasteiger partial charge on any atom is -0.513 e. The van der Waals surface area contributed by atoms with Crippen LogP contribution in [0.3, 0.4) is 0 Å². The van der Waals surface area contributed by atoms with Crippen LogP contribution < -0.4 is 4.74 Å². The lowest BCUT2D eigenvalue weighted by atomic mass is 10.0. The number of hydrogen-bond donors (Lipinski definition) is 2. The number of aliphatic hydroxyl groups is 2. The van der Waals surface area contributed by atoms with Crippen molar-refractivity contribution in [2.24, 2.45) is 0 Å². The SMILES string of the molecule is [BH3-][N+]12CCC(OCc3ccc(OC)cc3)C1C(O)C(O)C2. The van der Waals surface area contributed by atoms with Gasteiger partial charge in [-0.15, -0.1) is 0 Å². The number of rotatable bonds is 4. The third kappa shape index (κ3) is 2.69. The van der Waals surface area contributed by atoms with Gasteiger partial charge in [-0.1, -0.05) is 12.1 Å². The van der Waals surface area contributed by atoms with Crippen LogP contribution >= 0.6 is 0 Å². The van der Waals surface area contributed by atoms with E-state index in [1.54, 1.807) is 7.11 Å². The number of ether oxygens (including phenoxy) is 2. The van der Waals surface area contributed by atoms with Gasteiger partial charge in [0.2, 0.25) is 0 Å². The van der Waals surface area contributed by atoms with Gasteiger partial charge in [0.25, 0.3) is 0 Å². The maximum absolute atomic E-state index is 10.2. The molecule has 3 rings (SSSR count). The van der Waals surface area contributed by atoms with Crippen molar-refractivity contribution in [1.29, 1.82) is 0 Å². The first-order valence-corrected chi connectivity index (χ1v) is 7.04. The van der Waals surface area contributed by atoms with Crippen LogP contribution in [0.1, 0.15) is 12.0 Å². The molecule has 5 unspecified atom stereocenters. The summed E-state index contributed by atoms with van der Waals surface area (Å²) in [6, 6.07) is 7.96. The first-order chi connectivity index (χ1) is 10.0. The quantitative estimate of drug-likeness (QED) is 0.713. The third-order valence-electron chi connectivity index (χ3n) is 4.29. The molecule has 1 aromatic rings. The summed E-state index contributed by atoms with van der Waals surface area (Å²) in [5, 5.41) is 20.2. The molecule has 0 aromatic heterocycles. The van der Waals surface area contributed by atoms with Crippen molar-refractivity contribution in [3.63, 3.8) is 0 Å². The minimum absolute atomic E-state index is 0.0154. The van der Waals surface area contributed by atoms with Gasteiger partial charge in [-0.05, 0) is 17.7 Å². The van der Waals surface area contributed by atoms with Crippen molar-refractivity contribution in [1.82, 2.24) is 0 Å². The number of benzene rings is 1. The first kappa shape index (κ1) is 14.8. The van der Waals surface area contributed by atoms with Crippen LogP contribution in [-0.4, -0.2) is 67.1 Å². The van der Waals surface area contributed by atoms with Crippen molar-refractivity contribution in [3.05, 3.63) is 29.8 Å². The Morgan fingerprint density at radius 2 is 2.00 bits per heavy atom. The van der Waals surface area contributed by atoms with Gasteiger partial charge in [-0.2, -0.15) is 0 Å². The average Bonchev–Trinajstić information content (AvgIpc) is 2.91. The van der Waals surface area contributed by atoms with E-state index in [1.807, 2.05) is 24.3 Å². The second-order valence-electron chi connectivity index (χ2n) is 5.53. The number of aliphatic hydroxyl groups excluding tert-OH is 2. The highest BCUT2D eigenvalue weighted by molar-refractivity contribution is 5.97. The summed E-state index contributed by atoms with van der Waals surface area (Å²) in [4.78, 5) is 0. The highest BCUT2D eigenvalue weighted by Gasteiger charge is 2.54. The third-order valence-corrected chi connectivity index (χ3v) is 4.29. The molecule has 0 aliphatic carbocycles. The van der Waals surface area contributed by atoms with E-state index in [0.29, 0.717) is 6.61 Å². The molecule has 2 saturated heterocycles. The van der Waals surface area contributed by atoms with Crippen LogP contribution in [0.4, 0.5) is 0 Å². The zero-order chi connectivity index (χ0) is 15.0. The van der Waals surface area contributed by atoms with Crippen LogP contribution in [0.5, 0.6) is 5.75 Å². The highest BCUT2D eigenvalue weighted by Crippen LogP contribution is 2.36. The average molecular weight is 293 g/mol. The molecule has 2 fully saturated rings. The summed E-state index contributed by atoms with van der Waals surface area (Å²) < 4.78 is 12.2. The van der Waals surface area contributed by atoms with E-state index < -0.39 is 12.2 Å².